The minimum absolute atomic E-state index is 0.0764. The molecule has 0 aliphatic carbocycles. The van der Waals surface area contributed by atoms with E-state index in [1.807, 2.05) is 0 Å². The zero-order valence-corrected chi connectivity index (χ0v) is 16.8. The van der Waals surface area contributed by atoms with Gasteiger partial charge in [-0.2, -0.15) is 0 Å². The van der Waals surface area contributed by atoms with Gasteiger partial charge in [-0.3, -0.25) is 19.7 Å². The van der Waals surface area contributed by atoms with E-state index in [0.29, 0.717) is 4.31 Å². The van der Waals surface area contributed by atoms with Crippen LogP contribution < -0.4 is 9.62 Å². The molecular formula is C20H17N3O6S. The Labute approximate surface area is 172 Å². The summed E-state index contributed by atoms with van der Waals surface area (Å²) in [6.45, 7) is 2.26. The molecule has 0 aliphatic rings. The Balaban J connectivity index is 2.40. The standard InChI is InChI=1S/C20H17N3O6S/c1-13(24)21-20-17-11-7-6-10-16(17)18(12-19(20)23(26)27)22(14(2)25)30(28,29)15-8-4-3-5-9-15/h3-12H,1-2H3,(H,21,24). The fourth-order valence-corrected chi connectivity index (χ4v) is 4.59. The summed E-state index contributed by atoms with van der Waals surface area (Å²) >= 11 is 0. The van der Waals surface area contributed by atoms with Gasteiger partial charge in [0, 0.05) is 30.7 Å². The third-order valence-electron chi connectivity index (χ3n) is 4.29. The van der Waals surface area contributed by atoms with Gasteiger partial charge in [0.15, 0.2) is 0 Å². The Morgan fingerprint density at radius 1 is 0.967 bits per heavy atom. The Bertz CT molecular complexity index is 1270. The molecule has 0 radical (unpaired) electrons. The van der Waals surface area contributed by atoms with Crippen LogP contribution in [-0.2, 0) is 19.6 Å². The van der Waals surface area contributed by atoms with Crippen molar-refractivity contribution in [1.29, 1.82) is 0 Å². The molecule has 0 atom stereocenters. The van der Waals surface area contributed by atoms with E-state index in [0.717, 1.165) is 13.0 Å². The van der Waals surface area contributed by atoms with Crippen LogP contribution in [0.2, 0.25) is 0 Å². The number of anilines is 2. The third kappa shape index (κ3) is 3.72. The van der Waals surface area contributed by atoms with Gasteiger partial charge in [-0.25, -0.2) is 12.7 Å². The molecule has 0 heterocycles. The fraction of sp³-hybridized carbons (Fsp3) is 0.100. The molecule has 3 aromatic carbocycles. The molecule has 154 valence electrons. The molecule has 0 unspecified atom stereocenters. The number of carbonyl (C=O) groups is 2. The number of amides is 2. The molecule has 0 aromatic heterocycles. The second kappa shape index (κ2) is 7.91. The lowest BCUT2D eigenvalue weighted by Crippen LogP contribution is -2.35. The molecule has 0 saturated carbocycles. The highest BCUT2D eigenvalue weighted by Crippen LogP contribution is 2.41. The van der Waals surface area contributed by atoms with Gasteiger partial charge in [-0.15, -0.1) is 0 Å². The van der Waals surface area contributed by atoms with Crippen molar-refractivity contribution in [2.75, 3.05) is 9.62 Å². The van der Waals surface area contributed by atoms with E-state index in [2.05, 4.69) is 5.32 Å². The van der Waals surface area contributed by atoms with Gasteiger partial charge >= 0.3 is 0 Å². The van der Waals surface area contributed by atoms with Gasteiger partial charge in [-0.1, -0.05) is 42.5 Å². The molecule has 2 amide bonds. The lowest BCUT2D eigenvalue weighted by atomic mass is 10.0. The molecule has 0 saturated heterocycles. The minimum atomic E-state index is -4.35. The SMILES string of the molecule is CC(=O)Nc1c([N+](=O)[O-])cc(N(C(C)=O)S(=O)(=O)c2ccccc2)c2ccccc12. The number of carbonyl (C=O) groups excluding carboxylic acids is 2. The van der Waals surface area contributed by atoms with Gasteiger partial charge < -0.3 is 5.32 Å². The van der Waals surface area contributed by atoms with Gasteiger partial charge in [0.05, 0.1) is 15.5 Å². The minimum Gasteiger partial charge on any atom is -0.320 e. The Kier molecular flexibility index (Phi) is 5.52. The van der Waals surface area contributed by atoms with Crippen molar-refractivity contribution in [2.45, 2.75) is 18.7 Å². The summed E-state index contributed by atoms with van der Waals surface area (Å²) in [4.78, 5) is 34.9. The Morgan fingerprint density at radius 3 is 2.07 bits per heavy atom. The summed E-state index contributed by atoms with van der Waals surface area (Å²) in [7, 11) is -4.35. The molecule has 30 heavy (non-hydrogen) atoms. The van der Waals surface area contributed by atoms with Crippen molar-refractivity contribution in [3.63, 3.8) is 0 Å². The summed E-state index contributed by atoms with van der Waals surface area (Å²) in [5.74, 6) is -1.37. The molecule has 1 N–H and O–H groups in total. The average molecular weight is 427 g/mol. The lowest BCUT2D eigenvalue weighted by Gasteiger charge is -2.23. The van der Waals surface area contributed by atoms with E-state index in [1.165, 1.54) is 43.3 Å². The van der Waals surface area contributed by atoms with Crippen LogP contribution in [0.1, 0.15) is 13.8 Å². The van der Waals surface area contributed by atoms with Crippen LogP contribution >= 0.6 is 0 Å². The maximum atomic E-state index is 13.2. The average Bonchev–Trinajstić information content (AvgIpc) is 2.69. The first-order chi connectivity index (χ1) is 14.1. The molecule has 9 nitrogen and oxygen atoms in total. The number of nitrogens with zero attached hydrogens (tertiary/aromatic N) is 2. The highest BCUT2D eigenvalue weighted by Gasteiger charge is 2.33. The zero-order chi connectivity index (χ0) is 22.1. The van der Waals surface area contributed by atoms with E-state index in [-0.39, 0.29) is 27.0 Å². The van der Waals surface area contributed by atoms with Crippen molar-refractivity contribution in [1.82, 2.24) is 0 Å². The predicted octanol–water partition coefficient (Wildman–Crippen LogP) is 3.45. The van der Waals surface area contributed by atoms with Crippen molar-refractivity contribution >= 4 is 49.7 Å². The molecule has 0 fully saturated rings. The molecule has 3 aromatic rings. The maximum absolute atomic E-state index is 13.2. The number of hydrogen-bond acceptors (Lipinski definition) is 6. The summed E-state index contributed by atoms with van der Waals surface area (Å²) in [5, 5.41) is 14.6. The van der Waals surface area contributed by atoms with Gasteiger partial charge in [-0.05, 0) is 12.1 Å². The third-order valence-corrected chi connectivity index (χ3v) is 6.09. The number of nitro benzene ring substituents is 1. The van der Waals surface area contributed by atoms with Crippen molar-refractivity contribution in [2.24, 2.45) is 0 Å². The van der Waals surface area contributed by atoms with Gasteiger partial charge in [0.1, 0.15) is 5.69 Å². The molecule has 10 heteroatoms. The summed E-state index contributed by atoms with van der Waals surface area (Å²) < 4.78 is 27.0. The van der Waals surface area contributed by atoms with E-state index in [9.17, 15) is 28.1 Å². The molecule has 3 rings (SSSR count). The van der Waals surface area contributed by atoms with Crippen molar-refractivity contribution in [3.8, 4) is 0 Å². The molecule has 0 bridgehead atoms. The smallest absolute Gasteiger partial charge is 0.295 e. The number of hydrogen-bond donors (Lipinski definition) is 1. The predicted molar refractivity (Wildman–Crippen MR) is 112 cm³/mol. The number of sulfonamides is 1. The first-order valence-corrected chi connectivity index (χ1v) is 10.2. The Hall–Kier alpha value is -3.79. The monoisotopic (exact) mass is 427 g/mol. The molecule has 0 spiro atoms. The Morgan fingerprint density at radius 2 is 1.53 bits per heavy atom. The topological polar surface area (TPSA) is 127 Å². The summed E-state index contributed by atoms with van der Waals surface area (Å²) in [5.41, 5.74) is -0.788. The lowest BCUT2D eigenvalue weighted by molar-refractivity contribution is -0.383. The van der Waals surface area contributed by atoms with Crippen LogP contribution in [0, 0.1) is 10.1 Å². The summed E-state index contributed by atoms with van der Waals surface area (Å²) in [6.07, 6.45) is 0. The van der Waals surface area contributed by atoms with Crippen LogP contribution in [0.25, 0.3) is 10.8 Å². The number of rotatable bonds is 5. The first kappa shape index (κ1) is 20.9. The highest BCUT2D eigenvalue weighted by molar-refractivity contribution is 7.93. The largest absolute Gasteiger partial charge is 0.320 e. The normalized spacial score (nSPS) is 11.1. The number of nitro groups is 1. The fourth-order valence-electron chi connectivity index (χ4n) is 3.13. The molecular weight excluding hydrogens is 410 g/mol. The number of benzene rings is 3. The number of fused-ring (bicyclic) bond motifs is 1. The van der Waals surface area contributed by atoms with E-state index in [1.54, 1.807) is 18.2 Å². The zero-order valence-electron chi connectivity index (χ0n) is 16.0. The van der Waals surface area contributed by atoms with Crippen LogP contribution in [0.3, 0.4) is 0 Å². The second-order valence-corrected chi connectivity index (χ2v) is 8.16. The van der Waals surface area contributed by atoms with Gasteiger partial charge in [0.2, 0.25) is 11.8 Å². The number of nitrogens with one attached hydrogen (secondary N) is 1. The van der Waals surface area contributed by atoms with E-state index >= 15 is 0 Å². The first-order valence-electron chi connectivity index (χ1n) is 8.73. The summed E-state index contributed by atoms with van der Waals surface area (Å²) in [6, 6.07) is 14.5. The highest BCUT2D eigenvalue weighted by atomic mass is 32.2. The quantitative estimate of drug-likeness (QED) is 0.491. The maximum Gasteiger partial charge on any atom is 0.295 e. The van der Waals surface area contributed by atoms with Crippen LogP contribution in [0.5, 0.6) is 0 Å². The van der Waals surface area contributed by atoms with Crippen LogP contribution in [0.4, 0.5) is 17.1 Å². The molecule has 0 aliphatic heterocycles. The van der Waals surface area contributed by atoms with Crippen LogP contribution in [0.15, 0.2) is 65.6 Å². The van der Waals surface area contributed by atoms with Crippen LogP contribution in [-0.4, -0.2) is 25.2 Å². The van der Waals surface area contributed by atoms with Gasteiger partial charge in [0.25, 0.3) is 15.7 Å². The second-order valence-electron chi connectivity index (χ2n) is 6.38. The van der Waals surface area contributed by atoms with Crippen molar-refractivity contribution < 1.29 is 22.9 Å². The van der Waals surface area contributed by atoms with E-state index in [4.69, 9.17) is 0 Å². The van der Waals surface area contributed by atoms with Crippen molar-refractivity contribution in [3.05, 3.63) is 70.8 Å². The van der Waals surface area contributed by atoms with E-state index < -0.39 is 32.4 Å².